The quantitative estimate of drug-likeness (QED) is 0.392. The molecule has 38 heavy (non-hydrogen) atoms. The van der Waals surface area contributed by atoms with Crippen LogP contribution in [0.5, 0.6) is 5.88 Å². The van der Waals surface area contributed by atoms with E-state index in [9.17, 15) is 14.0 Å². The maximum absolute atomic E-state index is 14.9. The van der Waals surface area contributed by atoms with Crippen LogP contribution in [0.25, 0.3) is 0 Å². The normalized spacial score (nSPS) is 17.9. The smallest absolute Gasteiger partial charge is 0.413 e. The molecule has 0 aromatic carbocycles. The second kappa shape index (κ2) is 14.2. The van der Waals surface area contributed by atoms with E-state index in [1.807, 2.05) is 13.8 Å². The van der Waals surface area contributed by atoms with Crippen LogP contribution in [-0.4, -0.2) is 88.6 Å². The molecule has 2 aromatic rings. The summed E-state index contributed by atoms with van der Waals surface area (Å²) in [5.41, 5.74) is 5.60. The van der Waals surface area contributed by atoms with Crippen LogP contribution in [0.1, 0.15) is 39.5 Å². The second-order valence-electron chi connectivity index (χ2n) is 8.79. The minimum Gasteiger partial charge on any atom is -0.477 e. The minimum absolute atomic E-state index is 0.156. The molecule has 1 aliphatic rings. The number of nitrogens with zero attached hydrogens (tertiary/aromatic N) is 6. The van der Waals surface area contributed by atoms with Crippen molar-refractivity contribution < 1.29 is 23.5 Å². The van der Waals surface area contributed by atoms with Gasteiger partial charge in [-0.25, -0.2) is 28.9 Å². The summed E-state index contributed by atoms with van der Waals surface area (Å²) in [5.74, 6) is 1.11. The van der Waals surface area contributed by atoms with E-state index in [4.69, 9.17) is 15.2 Å². The highest BCUT2D eigenvalue weighted by molar-refractivity contribution is 5.88. The molecule has 0 radical (unpaired) electrons. The molecule has 3 rings (SSSR count). The van der Waals surface area contributed by atoms with Gasteiger partial charge in [0.25, 0.3) is 0 Å². The van der Waals surface area contributed by atoms with E-state index in [1.165, 1.54) is 30.5 Å². The third kappa shape index (κ3) is 8.10. The summed E-state index contributed by atoms with van der Waals surface area (Å²) >= 11 is 0. The first-order valence-corrected chi connectivity index (χ1v) is 12.7. The molecule has 208 valence electrons. The number of aromatic nitrogens is 4. The number of hydrogen-bond acceptors (Lipinski definition) is 10. The lowest BCUT2D eigenvalue weighted by Gasteiger charge is -2.39. The number of ether oxygens (including phenoxy) is 2. The van der Waals surface area contributed by atoms with Crippen LogP contribution in [0.4, 0.5) is 31.6 Å². The van der Waals surface area contributed by atoms with Crippen molar-refractivity contribution >= 4 is 29.7 Å². The maximum Gasteiger partial charge on any atom is 0.413 e. The average molecular weight is 534 g/mol. The number of amides is 3. The SMILES string of the molecule is CCCC(CCN)OC(=O)Nc1ccnc(N2CCC(F)C(N(C)C(=O)Nc3cnc(OCC)cn3)C2)n1. The Balaban J connectivity index is 1.61. The number of carbonyl (C=O) groups excluding carboxylic acids is 2. The first kappa shape index (κ1) is 28.8. The van der Waals surface area contributed by atoms with E-state index in [-0.39, 0.29) is 30.7 Å². The van der Waals surface area contributed by atoms with Gasteiger partial charge in [-0.3, -0.25) is 10.6 Å². The first-order chi connectivity index (χ1) is 18.3. The molecule has 3 heterocycles. The molecule has 2 aromatic heterocycles. The van der Waals surface area contributed by atoms with Crippen LogP contribution in [0.3, 0.4) is 0 Å². The molecule has 0 bridgehead atoms. The summed E-state index contributed by atoms with van der Waals surface area (Å²) in [5, 5.41) is 5.24. The Morgan fingerprint density at radius 3 is 2.71 bits per heavy atom. The Labute approximate surface area is 221 Å². The van der Waals surface area contributed by atoms with E-state index in [0.717, 1.165) is 6.42 Å². The van der Waals surface area contributed by atoms with Crippen molar-refractivity contribution in [2.24, 2.45) is 5.73 Å². The van der Waals surface area contributed by atoms with Gasteiger partial charge in [0.15, 0.2) is 5.82 Å². The van der Waals surface area contributed by atoms with Crippen molar-refractivity contribution in [2.45, 2.75) is 57.8 Å². The fraction of sp³-hybridized carbons (Fsp3) is 0.583. The number of alkyl halides is 1. The largest absolute Gasteiger partial charge is 0.477 e. The Kier molecular flexibility index (Phi) is 10.8. The van der Waals surface area contributed by atoms with Crippen LogP contribution in [0.15, 0.2) is 24.7 Å². The molecule has 0 saturated carbocycles. The summed E-state index contributed by atoms with van der Waals surface area (Å²) in [6.07, 6.45) is 4.44. The van der Waals surface area contributed by atoms with Crippen molar-refractivity contribution in [3.05, 3.63) is 24.7 Å². The van der Waals surface area contributed by atoms with E-state index < -0.39 is 24.3 Å². The van der Waals surface area contributed by atoms with Gasteiger partial charge >= 0.3 is 12.1 Å². The Bertz CT molecular complexity index is 1040. The van der Waals surface area contributed by atoms with Crippen LogP contribution < -0.4 is 26.0 Å². The van der Waals surface area contributed by atoms with E-state index in [0.29, 0.717) is 44.4 Å². The zero-order valence-electron chi connectivity index (χ0n) is 22.0. The van der Waals surface area contributed by atoms with Crippen LogP contribution >= 0.6 is 0 Å². The number of nitrogens with two attached hydrogens (primary N) is 1. The van der Waals surface area contributed by atoms with Gasteiger partial charge in [0.1, 0.15) is 18.1 Å². The molecule has 1 saturated heterocycles. The van der Waals surface area contributed by atoms with Crippen LogP contribution in [0, 0.1) is 0 Å². The third-order valence-electron chi connectivity index (χ3n) is 6.00. The van der Waals surface area contributed by atoms with E-state index in [1.54, 1.807) is 11.0 Å². The van der Waals surface area contributed by atoms with Crippen LogP contribution in [0.2, 0.25) is 0 Å². The van der Waals surface area contributed by atoms with Crippen molar-refractivity contribution in [2.75, 3.05) is 48.8 Å². The molecular formula is C24H36FN9O4. The fourth-order valence-corrected chi connectivity index (χ4v) is 4.03. The molecule has 1 aliphatic heterocycles. The summed E-state index contributed by atoms with van der Waals surface area (Å²) < 4.78 is 25.6. The minimum atomic E-state index is -1.25. The van der Waals surface area contributed by atoms with Crippen molar-refractivity contribution in [1.82, 2.24) is 24.8 Å². The predicted octanol–water partition coefficient (Wildman–Crippen LogP) is 2.81. The highest BCUT2D eigenvalue weighted by Crippen LogP contribution is 2.23. The molecule has 3 amide bonds. The van der Waals surface area contributed by atoms with Gasteiger partial charge < -0.3 is 25.0 Å². The van der Waals surface area contributed by atoms with Crippen molar-refractivity contribution in [3.63, 3.8) is 0 Å². The zero-order valence-corrected chi connectivity index (χ0v) is 22.0. The maximum atomic E-state index is 14.9. The molecule has 4 N–H and O–H groups in total. The summed E-state index contributed by atoms with van der Waals surface area (Å²) in [7, 11) is 1.51. The number of urea groups is 1. The second-order valence-corrected chi connectivity index (χ2v) is 8.79. The number of halogens is 1. The number of hydrogen-bond donors (Lipinski definition) is 3. The molecule has 3 atom stereocenters. The lowest BCUT2D eigenvalue weighted by Crippen LogP contribution is -2.55. The summed E-state index contributed by atoms with van der Waals surface area (Å²) in [6.45, 7) is 5.20. The highest BCUT2D eigenvalue weighted by Gasteiger charge is 2.35. The number of likely N-dealkylation sites (N-methyl/N-ethyl adjacent to an activating group) is 1. The molecule has 13 nitrogen and oxygen atoms in total. The topological polar surface area (TPSA) is 161 Å². The lowest BCUT2D eigenvalue weighted by atomic mass is 10.0. The molecule has 0 aliphatic carbocycles. The van der Waals surface area contributed by atoms with Gasteiger partial charge in [-0.05, 0) is 38.8 Å². The number of nitrogens with one attached hydrogen (secondary N) is 2. The Hall–Kier alpha value is -3.81. The van der Waals surface area contributed by atoms with Gasteiger partial charge in [-0.1, -0.05) is 13.3 Å². The first-order valence-electron chi connectivity index (χ1n) is 12.7. The predicted molar refractivity (Wildman–Crippen MR) is 140 cm³/mol. The molecule has 3 unspecified atom stereocenters. The number of piperidine rings is 1. The molecular weight excluding hydrogens is 497 g/mol. The lowest BCUT2D eigenvalue weighted by molar-refractivity contribution is 0.101. The fourth-order valence-electron chi connectivity index (χ4n) is 4.03. The monoisotopic (exact) mass is 533 g/mol. The zero-order chi connectivity index (χ0) is 27.5. The summed E-state index contributed by atoms with van der Waals surface area (Å²) in [4.78, 5) is 45.0. The van der Waals surface area contributed by atoms with Gasteiger partial charge in [-0.15, -0.1) is 0 Å². The van der Waals surface area contributed by atoms with Gasteiger partial charge in [0.2, 0.25) is 11.8 Å². The van der Waals surface area contributed by atoms with E-state index in [2.05, 4.69) is 30.6 Å². The standard InChI is InChI=1S/C24H36FN9O4/c1-4-6-16(7-10-26)38-24(36)32-19-8-11-27-22(30-19)34-12-9-17(25)18(15-34)33(3)23(35)31-20-13-29-21(14-28-20)37-5-2/h8,11,13-14,16-18H,4-7,9-10,12,15,26H2,1-3H3,(H,28,31,35)(H,27,30,32,36). The highest BCUT2D eigenvalue weighted by atomic mass is 19.1. The van der Waals surface area contributed by atoms with E-state index >= 15 is 0 Å². The number of anilines is 3. The van der Waals surface area contributed by atoms with Crippen LogP contribution in [-0.2, 0) is 4.74 Å². The third-order valence-corrected chi connectivity index (χ3v) is 6.00. The Morgan fingerprint density at radius 1 is 1.21 bits per heavy atom. The molecule has 0 spiro atoms. The van der Waals surface area contributed by atoms with Gasteiger partial charge in [0.05, 0.1) is 25.0 Å². The summed E-state index contributed by atoms with van der Waals surface area (Å²) in [6, 6.07) is 0.242. The average Bonchev–Trinajstić information content (AvgIpc) is 2.90. The number of carbonyl (C=O) groups is 2. The molecule has 14 heteroatoms. The van der Waals surface area contributed by atoms with Crippen molar-refractivity contribution in [1.29, 1.82) is 0 Å². The Morgan fingerprint density at radius 2 is 2.03 bits per heavy atom. The molecule has 1 fully saturated rings. The van der Waals surface area contributed by atoms with Gasteiger partial charge in [0, 0.05) is 26.3 Å². The number of rotatable bonds is 11. The van der Waals surface area contributed by atoms with Gasteiger partial charge in [-0.2, -0.15) is 4.98 Å². The van der Waals surface area contributed by atoms with Crippen molar-refractivity contribution in [3.8, 4) is 5.88 Å².